The van der Waals surface area contributed by atoms with Gasteiger partial charge in [-0.2, -0.15) is 0 Å². The lowest BCUT2D eigenvalue weighted by Gasteiger charge is -2.32. The molecule has 1 fully saturated rings. The normalized spacial score (nSPS) is 18.0. The highest BCUT2D eigenvalue weighted by atomic mass is 35.5. The van der Waals surface area contributed by atoms with Crippen molar-refractivity contribution in [1.29, 1.82) is 0 Å². The second-order valence-electron chi connectivity index (χ2n) is 6.38. The average Bonchev–Trinajstić information content (AvgIpc) is 2.78. The number of hydrogen-bond acceptors (Lipinski definition) is 2. The summed E-state index contributed by atoms with van der Waals surface area (Å²) in [5.74, 6) is 0. The minimum absolute atomic E-state index is 0.448. The van der Waals surface area contributed by atoms with Crippen molar-refractivity contribution in [2.45, 2.75) is 26.4 Å². The van der Waals surface area contributed by atoms with Crippen LogP contribution in [0, 0.1) is 0 Å². The van der Waals surface area contributed by atoms with Crippen molar-refractivity contribution in [3.05, 3.63) is 35.0 Å². The number of rotatable bonds is 3. The van der Waals surface area contributed by atoms with E-state index in [1.54, 1.807) is 0 Å². The van der Waals surface area contributed by atoms with Gasteiger partial charge in [0.1, 0.15) is 0 Å². The second kappa shape index (κ2) is 5.99. The van der Waals surface area contributed by atoms with Gasteiger partial charge in [0.15, 0.2) is 0 Å². The van der Waals surface area contributed by atoms with E-state index < -0.39 is 0 Å². The molecule has 114 valence electrons. The Balaban J connectivity index is 1.92. The SMILES string of the molecule is CC(C)n1c(CN2CCN(C)CC2)cc2ccc(Cl)cc21. The van der Waals surface area contributed by atoms with Crippen molar-refractivity contribution in [3.8, 4) is 0 Å². The van der Waals surface area contributed by atoms with E-state index in [0.29, 0.717) is 6.04 Å². The van der Waals surface area contributed by atoms with E-state index in [4.69, 9.17) is 11.6 Å². The molecule has 0 spiro atoms. The molecule has 3 nitrogen and oxygen atoms in total. The van der Waals surface area contributed by atoms with Crippen molar-refractivity contribution in [2.24, 2.45) is 0 Å². The first-order valence-electron chi connectivity index (χ1n) is 7.75. The number of likely N-dealkylation sites (N-methyl/N-ethyl adjacent to an activating group) is 1. The standard InChI is InChI=1S/C17H24ClN3/c1-13(2)21-16(12-20-8-6-19(3)7-9-20)10-14-4-5-15(18)11-17(14)21/h4-5,10-11,13H,6-9,12H2,1-3H3. The minimum atomic E-state index is 0.448. The molecule has 0 amide bonds. The maximum Gasteiger partial charge on any atom is 0.0500 e. The van der Waals surface area contributed by atoms with Crippen molar-refractivity contribution in [1.82, 2.24) is 14.4 Å². The van der Waals surface area contributed by atoms with Crippen molar-refractivity contribution < 1.29 is 0 Å². The summed E-state index contributed by atoms with van der Waals surface area (Å²) in [6.07, 6.45) is 0. The number of fused-ring (bicyclic) bond motifs is 1. The molecule has 0 bridgehead atoms. The van der Waals surface area contributed by atoms with Gasteiger partial charge in [-0.3, -0.25) is 4.90 Å². The van der Waals surface area contributed by atoms with Crippen LogP contribution in [0.25, 0.3) is 10.9 Å². The van der Waals surface area contributed by atoms with E-state index in [0.717, 1.165) is 37.7 Å². The maximum absolute atomic E-state index is 6.18. The number of halogens is 1. The number of piperazine rings is 1. The van der Waals surface area contributed by atoms with Crippen LogP contribution in [0.15, 0.2) is 24.3 Å². The zero-order valence-corrected chi connectivity index (χ0v) is 13.9. The molecule has 0 atom stereocenters. The fraction of sp³-hybridized carbons (Fsp3) is 0.529. The molecule has 1 aliphatic rings. The summed E-state index contributed by atoms with van der Waals surface area (Å²) in [4.78, 5) is 4.95. The monoisotopic (exact) mass is 305 g/mol. The summed E-state index contributed by atoms with van der Waals surface area (Å²) in [6, 6.07) is 8.97. The molecule has 3 rings (SSSR count). The van der Waals surface area contributed by atoms with Gasteiger partial charge in [0.2, 0.25) is 0 Å². The molecule has 1 aromatic heterocycles. The van der Waals surface area contributed by atoms with Gasteiger partial charge in [-0.1, -0.05) is 17.7 Å². The number of benzene rings is 1. The van der Waals surface area contributed by atoms with Gasteiger partial charge in [0, 0.05) is 60.4 Å². The van der Waals surface area contributed by atoms with Gasteiger partial charge in [0.25, 0.3) is 0 Å². The van der Waals surface area contributed by atoms with Crippen molar-refractivity contribution >= 4 is 22.5 Å². The Bertz CT molecular complexity index is 624. The van der Waals surface area contributed by atoms with Crippen LogP contribution in [0.2, 0.25) is 5.02 Å². The molecule has 21 heavy (non-hydrogen) atoms. The van der Waals surface area contributed by atoms with Crippen LogP contribution in [-0.2, 0) is 6.54 Å². The summed E-state index contributed by atoms with van der Waals surface area (Å²) in [6.45, 7) is 10.1. The molecule has 0 saturated carbocycles. The van der Waals surface area contributed by atoms with Crippen LogP contribution in [0.4, 0.5) is 0 Å². The maximum atomic E-state index is 6.18. The first kappa shape index (κ1) is 14.9. The van der Waals surface area contributed by atoms with Crippen LogP contribution in [-0.4, -0.2) is 47.6 Å². The lowest BCUT2D eigenvalue weighted by molar-refractivity contribution is 0.145. The quantitative estimate of drug-likeness (QED) is 0.858. The molecule has 1 aliphatic heterocycles. The van der Waals surface area contributed by atoms with E-state index >= 15 is 0 Å². The zero-order valence-electron chi connectivity index (χ0n) is 13.1. The third-order valence-corrected chi connectivity index (χ3v) is 4.62. The first-order chi connectivity index (χ1) is 10.0. The fourth-order valence-corrected chi connectivity index (χ4v) is 3.38. The molecule has 0 unspecified atom stereocenters. The Kier molecular flexibility index (Phi) is 4.25. The molecule has 2 heterocycles. The van der Waals surface area contributed by atoms with Gasteiger partial charge in [-0.15, -0.1) is 0 Å². The van der Waals surface area contributed by atoms with Crippen LogP contribution in [0.5, 0.6) is 0 Å². The molecule has 0 radical (unpaired) electrons. The van der Waals surface area contributed by atoms with Gasteiger partial charge >= 0.3 is 0 Å². The Morgan fingerprint density at radius 3 is 2.48 bits per heavy atom. The average molecular weight is 306 g/mol. The molecule has 2 aromatic rings. The van der Waals surface area contributed by atoms with E-state index in [-0.39, 0.29) is 0 Å². The van der Waals surface area contributed by atoms with Gasteiger partial charge in [-0.25, -0.2) is 0 Å². The minimum Gasteiger partial charge on any atom is -0.341 e. The van der Waals surface area contributed by atoms with Crippen LogP contribution in [0.3, 0.4) is 0 Å². The fourth-order valence-electron chi connectivity index (χ4n) is 3.22. The predicted molar refractivity (Wildman–Crippen MR) is 90.1 cm³/mol. The summed E-state index contributed by atoms with van der Waals surface area (Å²) in [7, 11) is 2.20. The lowest BCUT2D eigenvalue weighted by atomic mass is 10.2. The molecule has 0 N–H and O–H groups in total. The molecule has 1 aromatic carbocycles. The largest absolute Gasteiger partial charge is 0.341 e. The Morgan fingerprint density at radius 1 is 1.10 bits per heavy atom. The Morgan fingerprint density at radius 2 is 1.81 bits per heavy atom. The Hall–Kier alpha value is -1.03. The molecule has 1 saturated heterocycles. The van der Waals surface area contributed by atoms with E-state index in [2.05, 4.69) is 53.5 Å². The second-order valence-corrected chi connectivity index (χ2v) is 6.82. The highest BCUT2D eigenvalue weighted by Gasteiger charge is 2.18. The summed E-state index contributed by atoms with van der Waals surface area (Å²) in [5, 5.41) is 2.10. The molecular formula is C17H24ClN3. The summed E-state index contributed by atoms with van der Waals surface area (Å²) >= 11 is 6.18. The van der Waals surface area contributed by atoms with Crippen LogP contribution in [0.1, 0.15) is 25.6 Å². The number of aromatic nitrogens is 1. The van der Waals surface area contributed by atoms with Crippen LogP contribution >= 0.6 is 11.6 Å². The van der Waals surface area contributed by atoms with E-state index in [1.807, 2.05) is 6.07 Å². The molecular weight excluding hydrogens is 282 g/mol. The number of hydrogen-bond donors (Lipinski definition) is 0. The smallest absolute Gasteiger partial charge is 0.0500 e. The third-order valence-electron chi connectivity index (χ3n) is 4.38. The molecule has 0 aliphatic carbocycles. The van der Waals surface area contributed by atoms with Gasteiger partial charge in [-0.05, 0) is 39.1 Å². The molecule has 4 heteroatoms. The Labute approximate surface area is 132 Å². The lowest BCUT2D eigenvalue weighted by Crippen LogP contribution is -2.44. The highest BCUT2D eigenvalue weighted by molar-refractivity contribution is 6.31. The van der Waals surface area contributed by atoms with Gasteiger partial charge in [0.05, 0.1) is 0 Å². The van der Waals surface area contributed by atoms with Gasteiger partial charge < -0.3 is 9.47 Å². The first-order valence-corrected chi connectivity index (χ1v) is 8.12. The topological polar surface area (TPSA) is 11.4 Å². The van der Waals surface area contributed by atoms with Crippen molar-refractivity contribution in [2.75, 3.05) is 33.2 Å². The van der Waals surface area contributed by atoms with Crippen molar-refractivity contribution in [3.63, 3.8) is 0 Å². The third kappa shape index (κ3) is 3.10. The highest BCUT2D eigenvalue weighted by Crippen LogP contribution is 2.27. The van der Waals surface area contributed by atoms with E-state index in [1.165, 1.54) is 16.6 Å². The zero-order chi connectivity index (χ0) is 15.0. The predicted octanol–water partition coefficient (Wildman–Crippen LogP) is 3.62. The van der Waals surface area contributed by atoms with E-state index in [9.17, 15) is 0 Å². The summed E-state index contributed by atoms with van der Waals surface area (Å²) < 4.78 is 2.43. The van der Waals surface area contributed by atoms with Crippen LogP contribution < -0.4 is 0 Å². The summed E-state index contributed by atoms with van der Waals surface area (Å²) in [5.41, 5.74) is 2.65. The number of nitrogens with zero attached hydrogens (tertiary/aromatic N) is 3.